The molecule has 0 aliphatic rings. The Balaban J connectivity index is 1.93. The van der Waals surface area contributed by atoms with Crippen LogP contribution >= 0.6 is 0 Å². The number of aromatic nitrogens is 4. The molecule has 0 aliphatic carbocycles. The van der Waals surface area contributed by atoms with Crippen molar-refractivity contribution in [1.29, 1.82) is 5.26 Å². The van der Waals surface area contributed by atoms with Crippen molar-refractivity contribution in [2.45, 2.75) is 0 Å². The number of fused-ring (bicyclic) bond motifs is 3. The van der Waals surface area contributed by atoms with Crippen LogP contribution in [-0.2, 0) is 0 Å². The van der Waals surface area contributed by atoms with Gasteiger partial charge in [-0.15, -0.1) is 0 Å². The zero-order valence-corrected chi connectivity index (χ0v) is 14.5. The molecular weight excluding hydrogens is 353 g/mol. The maximum absolute atomic E-state index is 13.4. The monoisotopic (exact) mass is 365 g/mol. The van der Waals surface area contributed by atoms with E-state index in [9.17, 15) is 9.65 Å². The van der Waals surface area contributed by atoms with Crippen molar-refractivity contribution in [3.8, 4) is 22.9 Å². The van der Waals surface area contributed by atoms with Gasteiger partial charge in [-0.05, 0) is 48.0 Å². The molecule has 0 unspecified atom stereocenters. The van der Waals surface area contributed by atoms with Crippen LogP contribution in [0.4, 0.5) is 4.39 Å². The van der Waals surface area contributed by atoms with Crippen molar-refractivity contribution in [3.05, 3.63) is 84.8 Å². The first-order chi connectivity index (χ1) is 13.8. The van der Waals surface area contributed by atoms with Crippen LogP contribution in [0.1, 0.15) is 5.69 Å². The first-order valence-corrected chi connectivity index (χ1v) is 8.62. The molecule has 0 saturated carbocycles. The molecule has 0 bridgehead atoms. The number of hydrogen-bond acceptors (Lipinski definition) is 4. The largest absolute Gasteiger partial charge is 0.264 e. The minimum absolute atomic E-state index is 0.308. The van der Waals surface area contributed by atoms with Crippen LogP contribution in [0.3, 0.4) is 0 Å². The number of pyridine rings is 2. The minimum Gasteiger partial charge on any atom is -0.264 e. The van der Waals surface area contributed by atoms with Gasteiger partial charge in [0.1, 0.15) is 11.9 Å². The highest BCUT2D eigenvalue weighted by Gasteiger charge is 2.18. The fraction of sp³-hybridized carbons (Fsp3) is 0. The second-order valence-corrected chi connectivity index (χ2v) is 6.33. The Morgan fingerprint density at radius 1 is 0.893 bits per heavy atom. The lowest BCUT2D eigenvalue weighted by Gasteiger charge is -2.10. The quantitative estimate of drug-likeness (QED) is 0.457. The van der Waals surface area contributed by atoms with Gasteiger partial charge in [0.2, 0.25) is 0 Å². The molecule has 28 heavy (non-hydrogen) atoms. The summed E-state index contributed by atoms with van der Waals surface area (Å²) in [6.07, 6.45) is 7.01. The molecule has 3 heterocycles. The third kappa shape index (κ3) is 2.42. The molecule has 0 radical (unpaired) electrons. The van der Waals surface area contributed by atoms with E-state index < -0.39 is 0 Å². The molecule has 132 valence electrons. The van der Waals surface area contributed by atoms with E-state index in [1.165, 1.54) is 12.1 Å². The first kappa shape index (κ1) is 16.1. The van der Waals surface area contributed by atoms with Gasteiger partial charge in [0.05, 0.1) is 11.2 Å². The van der Waals surface area contributed by atoms with Gasteiger partial charge in [-0.25, -0.2) is 9.07 Å². The Morgan fingerprint density at radius 2 is 1.71 bits per heavy atom. The molecule has 0 aliphatic heterocycles. The molecular formula is C22H12FN5. The molecule has 0 atom stereocenters. The van der Waals surface area contributed by atoms with Crippen LogP contribution in [0.25, 0.3) is 38.5 Å². The number of hydrogen-bond donors (Lipinski definition) is 0. The van der Waals surface area contributed by atoms with E-state index in [0.717, 1.165) is 32.8 Å². The predicted octanol–water partition coefficient (Wildman–Crippen LogP) is 4.65. The van der Waals surface area contributed by atoms with E-state index in [0.29, 0.717) is 11.4 Å². The molecule has 2 aromatic carbocycles. The predicted molar refractivity (Wildman–Crippen MR) is 104 cm³/mol. The van der Waals surface area contributed by atoms with Crippen LogP contribution in [0.5, 0.6) is 0 Å². The van der Waals surface area contributed by atoms with Gasteiger partial charge >= 0.3 is 0 Å². The summed E-state index contributed by atoms with van der Waals surface area (Å²) in [6, 6.07) is 15.9. The molecule has 0 N–H and O–H groups in total. The van der Waals surface area contributed by atoms with Crippen LogP contribution in [0.15, 0.2) is 73.3 Å². The lowest BCUT2D eigenvalue weighted by molar-refractivity contribution is 0.627. The Hall–Kier alpha value is -4.11. The van der Waals surface area contributed by atoms with Crippen LogP contribution < -0.4 is 0 Å². The lowest BCUT2D eigenvalue weighted by Crippen LogP contribution is -1.97. The third-order valence-corrected chi connectivity index (χ3v) is 4.73. The summed E-state index contributed by atoms with van der Waals surface area (Å²) in [6.45, 7) is 0. The smallest absolute Gasteiger partial charge is 0.170 e. The van der Waals surface area contributed by atoms with Crippen molar-refractivity contribution in [2.75, 3.05) is 0 Å². The van der Waals surface area contributed by atoms with E-state index in [1.54, 1.807) is 41.6 Å². The maximum atomic E-state index is 13.4. The Kier molecular flexibility index (Phi) is 3.59. The second-order valence-electron chi connectivity index (χ2n) is 6.33. The molecule has 0 fully saturated rings. The zero-order chi connectivity index (χ0) is 19.1. The number of nitriles is 1. The van der Waals surface area contributed by atoms with E-state index in [1.807, 2.05) is 24.3 Å². The van der Waals surface area contributed by atoms with Crippen LogP contribution in [-0.4, -0.2) is 19.7 Å². The highest BCUT2D eigenvalue weighted by atomic mass is 19.1. The summed E-state index contributed by atoms with van der Waals surface area (Å²) < 4.78 is 15.1. The van der Waals surface area contributed by atoms with Crippen molar-refractivity contribution < 1.29 is 4.39 Å². The fourth-order valence-electron chi connectivity index (χ4n) is 3.48. The van der Waals surface area contributed by atoms with Gasteiger partial charge in [-0.3, -0.25) is 9.97 Å². The van der Waals surface area contributed by atoms with Crippen LogP contribution in [0, 0.1) is 17.1 Å². The normalized spacial score (nSPS) is 11.0. The number of rotatable bonds is 2. The van der Waals surface area contributed by atoms with E-state index in [4.69, 9.17) is 0 Å². The van der Waals surface area contributed by atoms with Gasteiger partial charge in [0.15, 0.2) is 5.69 Å². The lowest BCUT2D eigenvalue weighted by atomic mass is 9.97. The summed E-state index contributed by atoms with van der Waals surface area (Å²) in [5.74, 6) is -0.325. The molecule has 5 nitrogen and oxygen atoms in total. The molecule has 5 rings (SSSR count). The summed E-state index contributed by atoms with van der Waals surface area (Å²) in [5.41, 5.74) is 3.64. The van der Waals surface area contributed by atoms with Crippen molar-refractivity contribution in [3.63, 3.8) is 0 Å². The molecule has 0 amide bonds. The summed E-state index contributed by atoms with van der Waals surface area (Å²) in [7, 11) is 0. The highest BCUT2D eigenvalue weighted by Crippen LogP contribution is 2.36. The second kappa shape index (κ2) is 6.25. The topological polar surface area (TPSA) is 67.4 Å². The third-order valence-electron chi connectivity index (χ3n) is 4.73. The van der Waals surface area contributed by atoms with Gasteiger partial charge in [0.25, 0.3) is 0 Å². The van der Waals surface area contributed by atoms with Crippen molar-refractivity contribution in [2.24, 2.45) is 0 Å². The van der Waals surface area contributed by atoms with E-state index in [-0.39, 0.29) is 5.82 Å². The minimum atomic E-state index is -0.325. The maximum Gasteiger partial charge on any atom is 0.170 e. The summed E-state index contributed by atoms with van der Waals surface area (Å²) in [5, 5.41) is 16.7. The average Bonchev–Trinajstić information content (AvgIpc) is 3.13. The van der Waals surface area contributed by atoms with E-state index in [2.05, 4.69) is 21.1 Å². The average molecular weight is 365 g/mol. The molecule has 0 spiro atoms. The number of nitrogens with zero attached hydrogens (tertiary/aromatic N) is 5. The highest BCUT2D eigenvalue weighted by molar-refractivity contribution is 6.13. The standard InChI is InChI=1S/C22H12FN5/c23-15-3-5-16(6-4-15)28-22-17-7-9-26-13-20(17)18(14-2-1-8-25-12-14)10-19(22)21(11-24)27-28/h1-10,12-13H. The molecule has 3 aromatic heterocycles. The Morgan fingerprint density at radius 3 is 2.46 bits per heavy atom. The summed E-state index contributed by atoms with van der Waals surface area (Å²) in [4.78, 5) is 8.49. The fourth-order valence-corrected chi connectivity index (χ4v) is 3.48. The first-order valence-electron chi connectivity index (χ1n) is 8.62. The van der Waals surface area contributed by atoms with Gasteiger partial charge < -0.3 is 0 Å². The van der Waals surface area contributed by atoms with Crippen LogP contribution in [0.2, 0.25) is 0 Å². The van der Waals surface area contributed by atoms with Gasteiger partial charge in [-0.1, -0.05) is 6.07 Å². The Labute approximate surface area is 159 Å². The SMILES string of the molecule is N#Cc1nn(-c2ccc(F)cc2)c2c1cc(-c1cccnc1)c1cnccc12. The van der Waals surface area contributed by atoms with Gasteiger partial charge in [0, 0.05) is 46.5 Å². The van der Waals surface area contributed by atoms with Crippen molar-refractivity contribution in [1.82, 2.24) is 19.7 Å². The van der Waals surface area contributed by atoms with Crippen molar-refractivity contribution >= 4 is 21.7 Å². The zero-order valence-electron chi connectivity index (χ0n) is 14.5. The summed E-state index contributed by atoms with van der Waals surface area (Å²) >= 11 is 0. The molecule has 0 saturated heterocycles. The molecule has 5 aromatic rings. The van der Waals surface area contributed by atoms with Gasteiger partial charge in [-0.2, -0.15) is 10.4 Å². The number of benzene rings is 2. The van der Waals surface area contributed by atoms with E-state index >= 15 is 0 Å². The Bertz CT molecular complexity index is 1370. The number of halogens is 1. The molecule has 6 heteroatoms.